The third-order valence-corrected chi connectivity index (χ3v) is 4.34. The summed E-state index contributed by atoms with van der Waals surface area (Å²) in [5.74, 6) is -0.761. The van der Waals surface area contributed by atoms with Crippen LogP contribution in [0.2, 0.25) is 0 Å². The average molecular weight is 394 g/mol. The Balaban J connectivity index is 2.38. The number of carbonyl (C=O) groups excluding carboxylic acids is 1. The predicted molar refractivity (Wildman–Crippen MR) is 108 cm³/mol. The van der Waals surface area contributed by atoms with Gasteiger partial charge in [-0.2, -0.15) is 5.10 Å². The van der Waals surface area contributed by atoms with Crippen LogP contribution in [0.15, 0.2) is 65.5 Å². The van der Waals surface area contributed by atoms with E-state index in [1.165, 1.54) is 0 Å². The topological polar surface area (TPSA) is 102 Å². The van der Waals surface area contributed by atoms with Crippen molar-refractivity contribution in [3.05, 3.63) is 76.6 Å². The van der Waals surface area contributed by atoms with E-state index < -0.39 is 24.2 Å². The number of aliphatic hydroxyl groups excluding tert-OH is 2. The van der Waals surface area contributed by atoms with Crippen LogP contribution >= 0.6 is 0 Å². The predicted octanol–water partition coefficient (Wildman–Crippen LogP) is 2.11. The maximum absolute atomic E-state index is 13.1. The van der Waals surface area contributed by atoms with Crippen LogP contribution in [0.4, 0.5) is 0 Å². The second-order valence-electron chi connectivity index (χ2n) is 6.37. The number of esters is 1. The van der Waals surface area contributed by atoms with Crippen molar-refractivity contribution in [3.63, 3.8) is 0 Å². The Morgan fingerprint density at radius 3 is 2.21 bits per heavy atom. The van der Waals surface area contributed by atoms with Gasteiger partial charge < -0.3 is 14.9 Å². The number of hydrogen-bond acceptors (Lipinski definition) is 6. The van der Waals surface area contributed by atoms with Gasteiger partial charge in [-0.05, 0) is 12.5 Å². The van der Waals surface area contributed by atoms with Crippen molar-refractivity contribution in [3.8, 4) is 22.4 Å². The molecule has 0 unspecified atom stereocenters. The maximum Gasteiger partial charge on any atom is 0.344 e. The fourth-order valence-corrected chi connectivity index (χ4v) is 3.03. The summed E-state index contributed by atoms with van der Waals surface area (Å²) >= 11 is 0. The minimum Gasteiger partial charge on any atom is -0.462 e. The molecule has 0 spiro atoms. The van der Waals surface area contributed by atoms with E-state index in [0.717, 1.165) is 4.68 Å². The summed E-state index contributed by atoms with van der Waals surface area (Å²) < 4.78 is 6.16. The van der Waals surface area contributed by atoms with Crippen molar-refractivity contribution in [1.29, 1.82) is 0 Å². The first-order chi connectivity index (χ1) is 14.1. The largest absolute Gasteiger partial charge is 0.462 e. The lowest BCUT2D eigenvalue weighted by atomic mass is 9.95. The van der Waals surface area contributed by atoms with Gasteiger partial charge in [0.2, 0.25) is 0 Å². The van der Waals surface area contributed by atoms with Crippen molar-refractivity contribution >= 4 is 5.97 Å². The summed E-state index contributed by atoms with van der Waals surface area (Å²) in [6.07, 6.45) is -1.19. The van der Waals surface area contributed by atoms with Crippen molar-refractivity contribution in [2.75, 3.05) is 13.2 Å². The summed E-state index contributed by atoms with van der Waals surface area (Å²) in [4.78, 5) is 25.9. The molecule has 1 aromatic heterocycles. The summed E-state index contributed by atoms with van der Waals surface area (Å²) in [5, 5.41) is 23.5. The van der Waals surface area contributed by atoms with Crippen molar-refractivity contribution in [2.24, 2.45) is 0 Å². The molecule has 7 nitrogen and oxygen atoms in total. The van der Waals surface area contributed by atoms with Crippen LogP contribution in [0.3, 0.4) is 0 Å². The molecule has 0 aliphatic heterocycles. The molecule has 7 heteroatoms. The second-order valence-corrected chi connectivity index (χ2v) is 6.37. The first-order valence-electron chi connectivity index (χ1n) is 9.28. The Bertz CT molecular complexity index is 1030. The highest BCUT2D eigenvalue weighted by atomic mass is 16.5. The maximum atomic E-state index is 13.1. The molecule has 0 bridgehead atoms. The normalized spacial score (nSPS) is 11.8. The molecule has 0 amide bonds. The van der Waals surface area contributed by atoms with Gasteiger partial charge in [-0.1, -0.05) is 60.7 Å². The van der Waals surface area contributed by atoms with E-state index in [0.29, 0.717) is 22.4 Å². The van der Waals surface area contributed by atoms with E-state index in [4.69, 9.17) is 4.74 Å². The van der Waals surface area contributed by atoms with Crippen LogP contribution in [0.5, 0.6) is 0 Å². The molecular formula is C22H22N2O5. The zero-order valence-electron chi connectivity index (χ0n) is 16.0. The molecule has 0 aliphatic rings. The Morgan fingerprint density at radius 2 is 1.66 bits per heavy atom. The van der Waals surface area contributed by atoms with Crippen molar-refractivity contribution in [1.82, 2.24) is 9.78 Å². The molecule has 3 aromatic rings. The molecule has 3 rings (SSSR count). The zero-order chi connectivity index (χ0) is 20.8. The number of aliphatic hydroxyl groups is 2. The first kappa shape index (κ1) is 20.4. The van der Waals surface area contributed by atoms with E-state index in [1.807, 2.05) is 36.4 Å². The number of aromatic nitrogens is 2. The number of ether oxygens (including phenoxy) is 1. The van der Waals surface area contributed by atoms with E-state index in [-0.39, 0.29) is 18.7 Å². The molecule has 0 aliphatic carbocycles. The quantitative estimate of drug-likeness (QED) is 0.595. The molecule has 0 fully saturated rings. The van der Waals surface area contributed by atoms with Crippen LogP contribution in [-0.4, -0.2) is 45.3 Å². The number of benzene rings is 2. The smallest absolute Gasteiger partial charge is 0.344 e. The van der Waals surface area contributed by atoms with Crippen LogP contribution < -0.4 is 5.56 Å². The zero-order valence-corrected chi connectivity index (χ0v) is 16.0. The van der Waals surface area contributed by atoms with Crippen LogP contribution in [0.1, 0.15) is 17.3 Å². The average Bonchev–Trinajstić information content (AvgIpc) is 2.75. The summed E-state index contributed by atoms with van der Waals surface area (Å²) in [6.45, 7) is 0.975. The third-order valence-electron chi connectivity index (χ3n) is 4.34. The Labute approximate surface area is 167 Å². The van der Waals surface area contributed by atoms with Crippen molar-refractivity contribution in [2.45, 2.75) is 19.6 Å². The molecule has 0 radical (unpaired) electrons. The molecule has 2 aromatic carbocycles. The Morgan fingerprint density at radius 1 is 1.07 bits per heavy atom. The van der Waals surface area contributed by atoms with Gasteiger partial charge in [0.05, 0.1) is 31.6 Å². The SMILES string of the molecule is CCOC(=O)c1c(-c2ccccc2)c(-c2ccccc2)nn(C[C@@H](O)CO)c1=O. The minimum atomic E-state index is -1.19. The summed E-state index contributed by atoms with van der Waals surface area (Å²) in [7, 11) is 0. The second kappa shape index (κ2) is 9.27. The third kappa shape index (κ3) is 4.42. The lowest BCUT2D eigenvalue weighted by Crippen LogP contribution is -2.35. The van der Waals surface area contributed by atoms with Gasteiger partial charge in [0.15, 0.2) is 0 Å². The number of rotatable bonds is 7. The van der Waals surface area contributed by atoms with Crippen LogP contribution in [-0.2, 0) is 11.3 Å². The number of carbonyl (C=O) groups is 1. The fraction of sp³-hybridized carbons (Fsp3) is 0.227. The van der Waals surface area contributed by atoms with E-state index >= 15 is 0 Å². The molecular weight excluding hydrogens is 372 g/mol. The number of hydrogen-bond donors (Lipinski definition) is 2. The molecule has 29 heavy (non-hydrogen) atoms. The lowest BCUT2D eigenvalue weighted by Gasteiger charge is -2.17. The van der Waals surface area contributed by atoms with Gasteiger partial charge in [0, 0.05) is 11.1 Å². The molecule has 2 N–H and O–H groups in total. The molecule has 1 atom stereocenters. The highest BCUT2D eigenvalue weighted by Gasteiger charge is 2.26. The standard InChI is InChI=1S/C22H22N2O5/c1-2-29-22(28)19-18(15-9-5-3-6-10-15)20(16-11-7-4-8-12-16)23-24(21(19)27)13-17(26)14-25/h3-12,17,25-26H,2,13-14H2,1H3/t17-/m1/s1. The highest BCUT2D eigenvalue weighted by Crippen LogP contribution is 2.32. The Kier molecular flexibility index (Phi) is 6.54. The van der Waals surface area contributed by atoms with E-state index in [2.05, 4.69) is 5.10 Å². The molecule has 1 heterocycles. The fourth-order valence-electron chi connectivity index (χ4n) is 3.03. The van der Waals surface area contributed by atoms with Crippen LogP contribution in [0.25, 0.3) is 22.4 Å². The molecule has 0 saturated heterocycles. The van der Waals surface area contributed by atoms with E-state index in [9.17, 15) is 19.8 Å². The monoisotopic (exact) mass is 394 g/mol. The van der Waals surface area contributed by atoms with Gasteiger partial charge in [0.25, 0.3) is 5.56 Å². The van der Waals surface area contributed by atoms with Gasteiger partial charge in [-0.3, -0.25) is 4.79 Å². The van der Waals surface area contributed by atoms with Gasteiger partial charge in [0.1, 0.15) is 5.56 Å². The first-order valence-corrected chi connectivity index (χ1v) is 9.28. The molecule has 150 valence electrons. The van der Waals surface area contributed by atoms with Crippen LogP contribution in [0, 0.1) is 0 Å². The van der Waals surface area contributed by atoms with Crippen molar-refractivity contribution < 1.29 is 19.7 Å². The van der Waals surface area contributed by atoms with Gasteiger partial charge >= 0.3 is 5.97 Å². The van der Waals surface area contributed by atoms with Gasteiger partial charge in [-0.15, -0.1) is 0 Å². The molecule has 0 saturated carbocycles. The minimum absolute atomic E-state index is 0.106. The highest BCUT2D eigenvalue weighted by molar-refractivity contribution is 6.00. The van der Waals surface area contributed by atoms with Gasteiger partial charge in [-0.25, -0.2) is 9.48 Å². The number of nitrogens with zero attached hydrogens (tertiary/aromatic N) is 2. The summed E-state index contributed by atoms with van der Waals surface area (Å²) in [6, 6.07) is 18.2. The lowest BCUT2D eigenvalue weighted by molar-refractivity contribution is 0.0520. The van der Waals surface area contributed by atoms with E-state index in [1.54, 1.807) is 31.2 Å². The Hall–Kier alpha value is -3.29. The summed E-state index contributed by atoms with van der Waals surface area (Å²) in [5.41, 5.74) is 1.28.